The van der Waals surface area contributed by atoms with E-state index in [1.807, 2.05) is 30.3 Å². The second kappa shape index (κ2) is 5.79. The molecule has 1 aromatic heterocycles. The Bertz CT molecular complexity index is 783. The SMILES string of the molecule is N=C(N)c1ccc(CSc2nc3ccccc3o2)c(Cl)c1. The van der Waals surface area contributed by atoms with Crippen LogP contribution in [0, 0.1) is 5.41 Å². The van der Waals surface area contributed by atoms with Crippen molar-refractivity contribution in [2.45, 2.75) is 11.0 Å². The summed E-state index contributed by atoms with van der Waals surface area (Å²) in [6, 6.07) is 13.0. The third kappa shape index (κ3) is 3.04. The molecule has 0 aliphatic carbocycles. The summed E-state index contributed by atoms with van der Waals surface area (Å²) in [7, 11) is 0. The molecule has 3 rings (SSSR count). The van der Waals surface area contributed by atoms with Crippen LogP contribution in [0.4, 0.5) is 0 Å². The molecule has 0 unspecified atom stereocenters. The van der Waals surface area contributed by atoms with Gasteiger partial charge in [0.1, 0.15) is 11.4 Å². The quantitative estimate of drug-likeness (QED) is 0.432. The Morgan fingerprint density at radius 1 is 1.29 bits per heavy atom. The summed E-state index contributed by atoms with van der Waals surface area (Å²) < 4.78 is 5.65. The number of nitrogen functional groups attached to an aromatic ring is 1. The zero-order valence-electron chi connectivity index (χ0n) is 11.0. The fourth-order valence-corrected chi connectivity index (χ4v) is 3.05. The minimum Gasteiger partial charge on any atom is -0.431 e. The number of nitrogens with one attached hydrogen (secondary N) is 1. The number of hydrogen-bond donors (Lipinski definition) is 2. The van der Waals surface area contributed by atoms with Gasteiger partial charge >= 0.3 is 0 Å². The Morgan fingerprint density at radius 2 is 2.10 bits per heavy atom. The van der Waals surface area contributed by atoms with Crippen molar-refractivity contribution in [3.05, 3.63) is 58.6 Å². The van der Waals surface area contributed by atoms with Gasteiger partial charge in [-0.05, 0) is 23.8 Å². The molecule has 6 heteroatoms. The largest absolute Gasteiger partial charge is 0.431 e. The van der Waals surface area contributed by atoms with E-state index in [4.69, 9.17) is 27.2 Å². The maximum absolute atomic E-state index is 7.39. The van der Waals surface area contributed by atoms with Crippen LogP contribution in [0.15, 0.2) is 52.1 Å². The van der Waals surface area contributed by atoms with E-state index in [9.17, 15) is 0 Å². The Morgan fingerprint density at radius 3 is 2.81 bits per heavy atom. The molecule has 106 valence electrons. The predicted octanol–water partition coefficient (Wildman–Crippen LogP) is 4.06. The minimum absolute atomic E-state index is 0.00931. The molecule has 3 N–H and O–H groups in total. The van der Waals surface area contributed by atoms with Crippen LogP contribution in [0.2, 0.25) is 5.02 Å². The zero-order valence-corrected chi connectivity index (χ0v) is 12.5. The normalized spacial score (nSPS) is 10.9. The van der Waals surface area contributed by atoms with Gasteiger partial charge in [0.25, 0.3) is 5.22 Å². The first-order chi connectivity index (χ1) is 10.1. The molecule has 0 saturated heterocycles. The van der Waals surface area contributed by atoms with Crippen LogP contribution in [-0.4, -0.2) is 10.8 Å². The number of rotatable bonds is 4. The van der Waals surface area contributed by atoms with Crippen LogP contribution in [0.5, 0.6) is 0 Å². The molecule has 0 radical (unpaired) electrons. The second-order valence-corrected chi connectivity index (χ2v) is 5.79. The Labute approximate surface area is 130 Å². The molecule has 2 aromatic carbocycles. The number of aromatic nitrogens is 1. The van der Waals surface area contributed by atoms with E-state index < -0.39 is 0 Å². The van der Waals surface area contributed by atoms with E-state index in [2.05, 4.69) is 4.98 Å². The predicted molar refractivity (Wildman–Crippen MR) is 86.0 cm³/mol. The van der Waals surface area contributed by atoms with E-state index in [0.717, 1.165) is 16.7 Å². The van der Waals surface area contributed by atoms with Crippen LogP contribution in [-0.2, 0) is 5.75 Å². The second-order valence-electron chi connectivity index (χ2n) is 4.46. The summed E-state index contributed by atoms with van der Waals surface area (Å²) in [6.45, 7) is 0. The van der Waals surface area contributed by atoms with Crippen molar-refractivity contribution in [3.8, 4) is 0 Å². The standard InChI is InChI=1S/C15H12ClN3OS/c16-11-7-9(14(17)18)5-6-10(11)8-21-15-19-12-3-1-2-4-13(12)20-15/h1-7H,8H2,(H3,17,18). The average molecular weight is 318 g/mol. The Hall–Kier alpha value is -1.98. The Kier molecular flexibility index (Phi) is 3.86. The summed E-state index contributed by atoms with van der Waals surface area (Å²) in [5.41, 5.74) is 8.63. The van der Waals surface area contributed by atoms with E-state index in [1.54, 1.807) is 12.1 Å². The number of para-hydroxylation sites is 2. The lowest BCUT2D eigenvalue weighted by Gasteiger charge is -2.04. The molecule has 0 fully saturated rings. The van der Waals surface area contributed by atoms with Gasteiger partial charge in [-0.15, -0.1) is 0 Å². The fraction of sp³-hybridized carbons (Fsp3) is 0.0667. The van der Waals surface area contributed by atoms with Gasteiger partial charge in [-0.2, -0.15) is 0 Å². The molecule has 0 atom stereocenters. The average Bonchev–Trinajstić information content (AvgIpc) is 2.88. The van der Waals surface area contributed by atoms with Gasteiger partial charge in [0, 0.05) is 16.3 Å². The Balaban J connectivity index is 1.76. The first-order valence-corrected chi connectivity index (χ1v) is 7.61. The smallest absolute Gasteiger partial charge is 0.257 e. The van der Waals surface area contributed by atoms with E-state index in [0.29, 0.717) is 21.6 Å². The van der Waals surface area contributed by atoms with Crippen molar-refractivity contribution in [1.29, 1.82) is 5.41 Å². The number of thioether (sulfide) groups is 1. The van der Waals surface area contributed by atoms with Gasteiger partial charge in [-0.1, -0.05) is 47.6 Å². The zero-order chi connectivity index (χ0) is 14.8. The van der Waals surface area contributed by atoms with Crippen molar-refractivity contribution < 1.29 is 4.42 Å². The molecule has 3 aromatic rings. The van der Waals surface area contributed by atoms with Gasteiger partial charge in [-0.25, -0.2) is 4.98 Å². The van der Waals surface area contributed by atoms with Crippen LogP contribution in [0.25, 0.3) is 11.1 Å². The number of nitrogens with two attached hydrogens (primary N) is 1. The molecular formula is C15H12ClN3OS. The van der Waals surface area contributed by atoms with Gasteiger partial charge in [0.2, 0.25) is 0 Å². The number of fused-ring (bicyclic) bond motifs is 1. The summed E-state index contributed by atoms with van der Waals surface area (Å²) >= 11 is 7.68. The molecular weight excluding hydrogens is 306 g/mol. The lowest BCUT2D eigenvalue weighted by Crippen LogP contribution is -2.10. The molecule has 0 spiro atoms. The molecule has 0 saturated carbocycles. The van der Waals surface area contributed by atoms with Crippen molar-refractivity contribution in [2.75, 3.05) is 0 Å². The molecule has 0 aliphatic rings. The van der Waals surface area contributed by atoms with Crippen molar-refractivity contribution >= 4 is 40.3 Å². The third-order valence-corrected chi connectivity index (χ3v) is 4.22. The molecule has 0 amide bonds. The maximum atomic E-state index is 7.39. The van der Waals surface area contributed by atoms with Gasteiger partial charge in [0.15, 0.2) is 5.58 Å². The number of benzene rings is 2. The molecule has 0 bridgehead atoms. The van der Waals surface area contributed by atoms with Gasteiger partial charge in [0.05, 0.1) is 0 Å². The number of oxazole rings is 1. The van der Waals surface area contributed by atoms with Crippen LogP contribution < -0.4 is 5.73 Å². The highest BCUT2D eigenvalue weighted by Gasteiger charge is 2.08. The first-order valence-electron chi connectivity index (χ1n) is 6.24. The monoisotopic (exact) mass is 317 g/mol. The number of hydrogen-bond acceptors (Lipinski definition) is 4. The van der Waals surface area contributed by atoms with Crippen molar-refractivity contribution in [3.63, 3.8) is 0 Å². The van der Waals surface area contributed by atoms with Crippen LogP contribution in [0.1, 0.15) is 11.1 Å². The molecule has 1 heterocycles. The lowest BCUT2D eigenvalue weighted by atomic mass is 10.1. The van der Waals surface area contributed by atoms with Gasteiger partial charge < -0.3 is 10.2 Å². The third-order valence-electron chi connectivity index (χ3n) is 2.99. The lowest BCUT2D eigenvalue weighted by molar-refractivity contribution is 0.489. The van der Waals surface area contributed by atoms with E-state index in [1.165, 1.54) is 11.8 Å². The summed E-state index contributed by atoms with van der Waals surface area (Å²) in [6.07, 6.45) is 0. The van der Waals surface area contributed by atoms with E-state index in [-0.39, 0.29) is 5.84 Å². The molecule has 4 nitrogen and oxygen atoms in total. The van der Waals surface area contributed by atoms with Crippen molar-refractivity contribution in [2.24, 2.45) is 5.73 Å². The summed E-state index contributed by atoms with van der Waals surface area (Å²) in [4.78, 5) is 4.40. The van der Waals surface area contributed by atoms with Crippen molar-refractivity contribution in [1.82, 2.24) is 4.98 Å². The topological polar surface area (TPSA) is 75.9 Å². The number of halogens is 1. The summed E-state index contributed by atoms with van der Waals surface area (Å²) in [5, 5.41) is 8.59. The summed E-state index contributed by atoms with van der Waals surface area (Å²) in [5.74, 6) is 0.652. The van der Waals surface area contributed by atoms with E-state index >= 15 is 0 Å². The number of amidine groups is 1. The highest BCUT2D eigenvalue weighted by molar-refractivity contribution is 7.98. The van der Waals surface area contributed by atoms with Crippen LogP contribution in [0.3, 0.4) is 0 Å². The number of nitrogens with zero attached hydrogens (tertiary/aromatic N) is 1. The molecule has 21 heavy (non-hydrogen) atoms. The highest BCUT2D eigenvalue weighted by Crippen LogP contribution is 2.29. The molecule has 0 aliphatic heterocycles. The minimum atomic E-state index is 0.00931. The first kappa shape index (κ1) is 14.0. The maximum Gasteiger partial charge on any atom is 0.257 e. The highest BCUT2D eigenvalue weighted by atomic mass is 35.5. The fourth-order valence-electron chi connectivity index (χ4n) is 1.88. The van der Waals surface area contributed by atoms with Gasteiger partial charge in [-0.3, -0.25) is 5.41 Å². The van der Waals surface area contributed by atoms with Crippen LogP contribution >= 0.6 is 23.4 Å².